The monoisotopic (exact) mass is 266 g/mol. The van der Waals surface area contributed by atoms with Crippen LogP contribution in [-0.4, -0.2) is 0 Å². The second kappa shape index (κ2) is 5.64. The van der Waals surface area contributed by atoms with Crippen molar-refractivity contribution in [2.75, 3.05) is 0 Å². The van der Waals surface area contributed by atoms with E-state index >= 15 is 0 Å². The van der Waals surface area contributed by atoms with Crippen molar-refractivity contribution in [2.24, 2.45) is 5.92 Å². The first kappa shape index (κ1) is 13.9. The van der Waals surface area contributed by atoms with Crippen LogP contribution in [0.4, 0.5) is 13.2 Å². The molecule has 0 aromatic heterocycles. The number of hydrogen-bond acceptors (Lipinski definition) is 0. The normalized spacial score (nSPS) is 19.4. The van der Waals surface area contributed by atoms with E-state index in [0.29, 0.717) is 17.9 Å². The Labute approximate surface area is 111 Å². The molecule has 0 nitrogen and oxygen atoms in total. The van der Waals surface area contributed by atoms with Crippen molar-refractivity contribution in [3.8, 4) is 0 Å². The molecule has 1 aliphatic carbocycles. The molecule has 0 aliphatic heterocycles. The Hall–Kier alpha value is -1.51. The largest absolute Gasteiger partial charge is 0.211 e. The van der Waals surface area contributed by atoms with Gasteiger partial charge in [0.05, 0.1) is 0 Å². The van der Waals surface area contributed by atoms with Crippen LogP contribution in [0.1, 0.15) is 38.2 Å². The molecule has 0 amide bonds. The molecule has 1 aromatic rings. The Balaban J connectivity index is 2.21. The van der Waals surface area contributed by atoms with E-state index in [0.717, 1.165) is 18.1 Å². The number of benzene rings is 1. The summed E-state index contributed by atoms with van der Waals surface area (Å²) in [4.78, 5) is 0. The van der Waals surface area contributed by atoms with Gasteiger partial charge in [-0.2, -0.15) is 0 Å². The van der Waals surface area contributed by atoms with Gasteiger partial charge in [-0.3, -0.25) is 0 Å². The third-order valence-electron chi connectivity index (χ3n) is 3.20. The molecular formula is C16H17F3. The van der Waals surface area contributed by atoms with Crippen molar-refractivity contribution >= 4 is 0 Å². The molecule has 1 aliphatic rings. The first-order chi connectivity index (χ1) is 8.95. The van der Waals surface area contributed by atoms with Gasteiger partial charge < -0.3 is 0 Å². The van der Waals surface area contributed by atoms with Crippen molar-refractivity contribution in [1.29, 1.82) is 0 Å². The number of hydrogen-bond donors (Lipinski definition) is 0. The molecule has 1 aromatic carbocycles. The van der Waals surface area contributed by atoms with Crippen molar-refractivity contribution in [2.45, 2.75) is 32.6 Å². The van der Waals surface area contributed by atoms with E-state index in [9.17, 15) is 13.2 Å². The summed E-state index contributed by atoms with van der Waals surface area (Å²) >= 11 is 0. The fourth-order valence-electron chi connectivity index (χ4n) is 2.40. The fraction of sp³-hybridized carbons (Fsp3) is 0.375. The van der Waals surface area contributed by atoms with E-state index in [1.807, 2.05) is 6.08 Å². The summed E-state index contributed by atoms with van der Waals surface area (Å²) in [7, 11) is 0. The first-order valence-corrected chi connectivity index (χ1v) is 6.48. The Kier molecular flexibility index (Phi) is 4.13. The molecule has 102 valence electrons. The standard InChI is InChI=1S/C16H17F3/c1-10(2)5-11-3-4-15(16(19)6-11)12-7-13(17)9-14(18)8-12/h3,6-10,15H,4-5H2,1-2H3. The summed E-state index contributed by atoms with van der Waals surface area (Å²) in [5.41, 5.74) is 1.31. The van der Waals surface area contributed by atoms with E-state index in [1.54, 1.807) is 0 Å². The third kappa shape index (κ3) is 3.49. The van der Waals surface area contributed by atoms with Crippen LogP contribution < -0.4 is 0 Å². The van der Waals surface area contributed by atoms with E-state index < -0.39 is 17.6 Å². The van der Waals surface area contributed by atoms with E-state index in [2.05, 4.69) is 13.8 Å². The molecule has 0 spiro atoms. The maximum atomic E-state index is 14.1. The molecule has 0 saturated carbocycles. The smallest absolute Gasteiger partial charge is 0.126 e. The van der Waals surface area contributed by atoms with Crippen LogP contribution in [0.5, 0.6) is 0 Å². The fourth-order valence-corrected chi connectivity index (χ4v) is 2.40. The predicted molar refractivity (Wildman–Crippen MR) is 70.4 cm³/mol. The van der Waals surface area contributed by atoms with Gasteiger partial charge in [-0.15, -0.1) is 0 Å². The van der Waals surface area contributed by atoms with Gasteiger partial charge in [0.2, 0.25) is 0 Å². The zero-order chi connectivity index (χ0) is 14.0. The van der Waals surface area contributed by atoms with Crippen LogP contribution in [0.25, 0.3) is 0 Å². The lowest BCUT2D eigenvalue weighted by Gasteiger charge is -2.20. The molecule has 19 heavy (non-hydrogen) atoms. The quantitative estimate of drug-likeness (QED) is 0.698. The average Bonchev–Trinajstić information content (AvgIpc) is 2.26. The van der Waals surface area contributed by atoms with Crippen molar-refractivity contribution < 1.29 is 13.2 Å². The van der Waals surface area contributed by atoms with Crippen LogP contribution >= 0.6 is 0 Å². The van der Waals surface area contributed by atoms with E-state index in [-0.39, 0.29) is 5.83 Å². The molecule has 3 heteroatoms. The average molecular weight is 266 g/mol. The Morgan fingerprint density at radius 2 is 1.74 bits per heavy atom. The summed E-state index contributed by atoms with van der Waals surface area (Å²) in [5.74, 6) is -1.76. The van der Waals surface area contributed by atoms with Crippen LogP contribution in [0.15, 0.2) is 41.8 Å². The maximum Gasteiger partial charge on any atom is 0.126 e. The highest BCUT2D eigenvalue weighted by atomic mass is 19.1. The maximum absolute atomic E-state index is 14.1. The summed E-state index contributed by atoms with van der Waals surface area (Å²) in [6.45, 7) is 4.14. The van der Waals surface area contributed by atoms with Gasteiger partial charge in [0.1, 0.15) is 17.5 Å². The van der Waals surface area contributed by atoms with Crippen molar-refractivity contribution in [3.05, 3.63) is 58.9 Å². The van der Waals surface area contributed by atoms with Crippen LogP contribution in [0.3, 0.4) is 0 Å². The number of halogens is 3. The lowest BCUT2D eigenvalue weighted by atomic mass is 9.87. The molecule has 2 rings (SSSR count). The Morgan fingerprint density at radius 3 is 2.26 bits per heavy atom. The second-order valence-corrected chi connectivity index (χ2v) is 5.40. The lowest BCUT2D eigenvalue weighted by Crippen LogP contribution is -2.05. The Bertz CT molecular complexity index is 507. The van der Waals surface area contributed by atoms with Crippen LogP contribution in [0.2, 0.25) is 0 Å². The van der Waals surface area contributed by atoms with Gasteiger partial charge in [-0.05, 0) is 48.1 Å². The van der Waals surface area contributed by atoms with Gasteiger partial charge in [0, 0.05) is 12.0 Å². The molecule has 0 N–H and O–H groups in total. The van der Waals surface area contributed by atoms with Crippen LogP contribution in [-0.2, 0) is 0 Å². The topological polar surface area (TPSA) is 0 Å². The van der Waals surface area contributed by atoms with E-state index in [4.69, 9.17) is 0 Å². The SMILES string of the molecule is CC(C)CC1=CCC(c2cc(F)cc(F)c2)C(F)=C1. The minimum atomic E-state index is -0.667. The second-order valence-electron chi connectivity index (χ2n) is 5.40. The molecule has 0 fully saturated rings. The molecular weight excluding hydrogens is 249 g/mol. The number of allylic oxidation sites excluding steroid dienone is 4. The number of rotatable bonds is 3. The zero-order valence-corrected chi connectivity index (χ0v) is 11.1. The molecule has 1 atom stereocenters. The van der Waals surface area contributed by atoms with E-state index in [1.165, 1.54) is 18.2 Å². The van der Waals surface area contributed by atoms with Crippen molar-refractivity contribution in [1.82, 2.24) is 0 Å². The Morgan fingerprint density at radius 1 is 1.11 bits per heavy atom. The highest BCUT2D eigenvalue weighted by Gasteiger charge is 2.21. The molecule has 0 saturated heterocycles. The highest BCUT2D eigenvalue weighted by Crippen LogP contribution is 2.35. The zero-order valence-electron chi connectivity index (χ0n) is 11.1. The lowest BCUT2D eigenvalue weighted by molar-refractivity contribution is 0.523. The minimum absolute atomic E-state index is 0.317. The third-order valence-corrected chi connectivity index (χ3v) is 3.20. The highest BCUT2D eigenvalue weighted by molar-refractivity contribution is 5.36. The summed E-state index contributed by atoms with van der Waals surface area (Å²) < 4.78 is 40.4. The first-order valence-electron chi connectivity index (χ1n) is 6.48. The van der Waals surface area contributed by atoms with Gasteiger partial charge in [0.25, 0.3) is 0 Å². The summed E-state index contributed by atoms with van der Waals surface area (Å²) in [6, 6.07) is 3.19. The van der Waals surface area contributed by atoms with Gasteiger partial charge in [0.15, 0.2) is 0 Å². The van der Waals surface area contributed by atoms with Gasteiger partial charge in [-0.1, -0.05) is 19.9 Å². The minimum Gasteiger partial charge on any atom is -0.211 e. The van der Waals surface area contributed by atoms with Gasteiger partial charge in [-0.25, -0.2) is 13.2 Å². The molecule has 0 bridgehead atoms. The molecule has 1 unspecified atom stereocenters. The van der Waals surface area contributed by atoms with Crippen LogP contribution in [0, 0.1) is 17.6 Å². The predicted octanol–water partition coefficient (Wildman–Crippen LogP) is 5.28. The molecule has 0 heterocycles. The summed E-state index contributed by atoms with van der Waals surface area (Å²) in [5, 5.41) is 0. The van der Waals surface area contributed by atoms with Gasteiger partial charge >= 0.3 is 0 Å². The summed E-state index contributed by atoms with van der Waals surface area (Å²) in [6.07, 6.45) is 4.72. The van der Waals surface area contributed by atoms with Crippen molar-refractivity contribution in [3.63, 3.8) is 0 Å². The molecule has 0 radical (unpaired) electrons.